The highest BCUT2D eigenvalue weighted by Gasteiger charge is 2.22. The lowest BCUT2D eigenvalue weighted by atomic mass is 9.94. The number of rotatable bonds is 4. The molecule has 1 aliphatic carbocycles. The Balaban J connectivity index is 2.19. The van der Waals surface area contributed by atoms with Gasteiger partial charge in [0.1, 0.15) is 5.82 Å². The van der Waals surface area contributed by atoms with Crippen LogP contribution in [0.2, 0.25) is 0 Å². The molecule has 0 radical (unpaired) electrons. The van der Waals surface area contributed by atoms with Crippen molar-refractivity contribution in [2.45, 2.75) is 45.1 Å². The van der Waals surface area contributed by atoms with E-state index >= 15 is 0 Å². The molecule has 0 aliphatic heterocycles. The van der Waals surface area contributed by atoms with E-state index in [-0.39, 0.29) is 0 Å². The summed E-state index contributed by atoms with van der Waals surface area (Å²) >= 11 is 9.46. The van der Waals surface area contributed by atoms with Gasteiger partial charge in [0.2, 0.25) is 0 Å². The molecular formula is C14H20BrClN2. The Kier molecular flexibility index (Phi) is 5.31. The van der Waals surface area contributed by atoms with Crippen LogP contribution in [0.15, 0.2) is 16.6 Å². The van der Waals surface area contributed by atoms with Crippen LogP contribution in [0.1, 0.15) is 37.8 Å². The van der Waals surface area contributed by atoms with E-state index in [9.17, 15) is 0 Å². The van der Waals surface area contributed by atoms with Crippen molar-refractivity contribution in [3.8, 4) is 0 Å². The zero-order valence-corrected chi connectivity index (χ0v) is 13.2. The summed E-state index contributed by atoms with van der Waals surface area (Å²) in [6.07, 6.45) is 6.58. The number of alkyl halides is 1. The molecule has 0 spiro atoms. The van der Waals surface area contributed by atoms with E-state index in [0.717, 1.165) is 22.5 Å². The molecule has 2 rings (SSSR count). The average molecular weight is 332 g/mol. The maximum Gasteiger partial charge on any atom is 0.129 e. The first-order chi connectivity index (χ1) is 8.72. The van der Waals surface area contributed by atoms with Crippen LogP contribution < -0.4 is 4.90 Å². The summed E-state index contributed by atoms with van der Waals surface area (Å²) in [5, 5.41) is 0. The number of aromatic nitrogens is 1. The fourth-order valence-electron chi connectivity index (χ4n) is 2.66. The fourth-order valence-corrected chi connectivity index (χ4v) is 3.06. The van der Waals surface area contributed by atoms with Crippen molar-refractivity contribution in [1.82, 2.24) is 4.98 Å². The first-order valence-corrected chi connectivity index (χ1v) is 8.01. The minimum absolute atomic E-state index is 0.616. The van der Waals surface area contributed by atoms with Gasteiger partial charge in [0.15, 0.2) is 0 Å². The number of nitrogens with zero attached hydrogens (tertiary/aromatic N) is 2. The summed E-state index contributed by atoms with van der Waals surface area (Å²) in [6.45, 7) is 2.92. The maximum absolute atomic E-state index is 5.96. The summed E-state index contributed by atoms with van der Waals surface area (Å²) in [5.41, 5.74) is 1.04. The number of hydrogen-bond donors (Lipinski definition) is 0. The topological polar surface area (TPSA) is 16.1 Å². The molecule has 4 heteroatoms. The Morgan fingerprint density at radius 1 is 1.33 bits per heavy atom. The molecule has 0 bridgehead atoms. The van der Waals surface area contributed by atoms with Crippen LogP contribution in [0.4, 0.5) is 5.82 Å². The van der Waals surface area contributed by atoms with Gasteiger partial charge in [0, 0.05) is 22.9 Å². The van der Waals surface area contributed by atoms with Crippen LogP contribution in [-0.2, 0) is 0 Å². The van der Waals surface area contributed by atoms with Gasteiger partial charge in [-0.05, 0) is 47.8 Å². The van der Waals surface area contributed by atoms with Crippen LogP contribution in [0, 0.1) is 6.92 Å². The number of aryl methyl sites for hydroxylation is 1. The second-order valence-corrected chi connectivity index (χ2v) is 6.14. The molecule has 1 aliphatic rings. The molecule has 18 heavy (non-hydrogen) atoms. The van der Waals surface area contributed by atoms with E-state index in [4.69, 9.17) is 11.6 Å². The second-order valence-electron chi connectivity index (χ2n) is 4.91. The number of pyridine rings is 1. The molecule has 0 amide bonds. The Bertz CT molecular complexity index is 391. The van der Waals surface area contributed by atoms with Crippen LogP contribution in [0.25, 0.3) is 0 Å². The van der Waals surface area contributed by atoms with Gasteiger partial charge in [0.25, 0.3) is 0 Å². The Hall–Kier alpha value is -0.280. The third kappa shape index (κ3) is 3.39. The zero-order chi connectivity index (χ0) is 13.0. The first kappa shape index (κ1) is 14.1. The minimum Gasteiger partial charge on any atom is -0.352 e. The Morgan fingerprint density at radius 2 is 2.06 bits per heavy atom. The van der Waals surface area contributed by atoms with Crippen LogP contribution in [0.5, 0.6) is 0 Å². The van der Waals surface area contributed by atoms with Crippen molar-refractivity contribution in [1.29, 1.82) is 0 Å². The van der Waals surface area contributed by atoms with Crippen molar-refractivity contribution in [3.63, 3.8) is 0 Å². The SMILES string of the molecule is Cc1nc(N(CCCl)C2CCCCC2)ccc1Br. The highest BCUT2D eigenvalue weighted by atomic mass is 79.9. The predicted octanol–water partition coefficient (Wildman–Crippen LogP) is 4.53. The van der Waals surface area contributed by atoms with Gasteiger partial charge in [-0.15, -0.1) is 11.6 Å². The smallest absolute Gasteiger partial charge is 0.129 e. The van der Waals surface area contributed by atoms with E-state index in [0.29, 0.717) is 11.9 Å². The summed E-state index contributed by atoms with van der Waals surface area (Å²) in [7, 11) is 0. The minimum atomic E-state index is 0.616. The highest BCUT2D eigenvalue weighted by Crippen LogP contribution is 2.27. The highest BCUT2D eigenvalue weighted by molar-refractivity contribution is 9.10. The lowest BCUT2D eigenvalue weighted by Crippen LogP contribution is -2.38. The van der Waals surface area contributed by atoms with E-state index in [1.807, 2.05) is 6.92 Å². The summed E-state index contributed by atoms with van der Waals surface area (Å²) in [5.74, 6) is 1.73. The lowest BCUT2D eigenvalue weighted by molar-refractivity contribution is 0.416. The van der Waals surface area contributed by atoms with Gasteiger partial charge in [-0.1, -0.05) is 19.3 Å². The average Bonchev–Trinajstić information content (AvgIpc) is 2.40. The third-order valence-corrected chi connectivity index (χ3v) is 4.65. The molecule has 1 aromatic rings. The normalized spacial score (nSPS) is 16.8. The molecule has 0 atom stereocenters. The maximum atomic E-state index is 5.96. The zero-order valence-electron chi connectivity index (χ0n) is 10.8. The van der Waals surface area contributed by atoms with Crippen molar-refractivity contribution in [2.24, 2.45) is 0 Å². The van der Waals surface area contributed by atoms with Crippen LogP contribution in [-0.4, -0.2) is 23.5 Å². The van der Waals surface area contributed by atoms with Gasteiger partial charge in [-0.3, -0.25) is 0 Å². The van der Waals surface area contributed by atoms with Gasteiger partial charge in [0.05, 0.1) is 5.69 Å². The first-order valence-electron chi connectivity index (χ1n) is 6.68. The van der Waals surface area contributed by atoms with Gasteiger partial charge in [-0.25, -0.2) is 4.98 Å². The second kappa shape index (κ2) is 6.76. The number of halogens is 2. The van der Waals surface area contributed by atoms with Crippen molar-refractivity contribution < 1.29 is 0 Å². The lowest BCUT2D eigenvalue weighted by Gasteiger charge is -2.35. The molecule has 1 heterocycles. The molecular weight excluding hydrogens is 312 g/mol. The monoisotopic (exact) mass is 330 g/mol. The molecule has 0 aromatic carbocycles. The van der Waals surface area contributed by atoms with Crippen LogP contribution >= 0.6 is 27.5 Å². The fraction of sp³-hybridized carbons (Fsp3) is 0.643. The Labute approximate surface area is 123 Å². The summed E-state index contributed by atoms with van der Waals surface area (Å²) in [4.78, 5) is 7.08. The standard InChI is InChI=1S/C14H20BrClN2/c1-11-13(15)7-8-14(17-11)18(10-9-16)12-5-3-2-4-6-12/h7-8,12H,2-6,9-10H2,1H3. The number of anilines is 1. The molecule has 1 aromatic heterocycles. The summed E-state index contributed by atoms with van der Waals surface area (Å²) in [6, 6.07) is 4.80. The molecule has 100 valence electrons. The largest absolute Gasteiger partial charge is 0.352 e. The van der Waals surface area contributed by atoms with E-state index in [2.05, 4.69) is 37.9 Å². The van der Waals surface area contributed by atoms with Gasteiger partial charge in [-0.2, -0.15) is 0 Å². The van der Waals surface area contributed by atoms with E-state index < -0.39 is 0 Å². The van der Waals surface area contributed by atoms with Crippen molar-refractivity contribution >= 4 is 33.3 Å². The van der Waals surface area contributed by atoms with E-state index in [1.165, 1.54) is 32.1 Å². The molecule has 0 N–H and O–H groups in total. The number of hydrogen-bond acceptors (Lipinski definition) is 2. The molecule has 0 unspecified atom stereocenters. The quantitative estimate of drug-likeness (QED) is 0.754. The molecule has 1 saturated carbocycles. The molecule has 0 saturated heterocycles. The van der Waals surface area contributed by atoms with Gasteiger partial charge >= 0.3 is 0 Å². The molecule has 1 fully saturated rings. The Morgan fingerprint density at radius 3 is 2.67 bits per heavy atom. The third-order valence-electron chi connectivity index (χ3n) is 3.64. The van der Waals surface area contributed by atoms with Crippen molar-refractivity contribution in [3.05, 3.63) is 22.3 Å². The summed E-state index contributed by atoms with van der Waals surface area (Å²) < 4.78 is 1.07. The van der Waals surface area contributed by atoms with Gasteiger partial charge < -0.3 is 4.90 Å². The van der Waals surface area contributed by atoms with Crippen LogP contribution in [0.3, 0.4) is 0 Å². The van der Waals surface area contributed by atoms with E-state index in [1.54, 1.807) is 0 Å². The molecule has 2 nitrogen and oxygen atoms in total. The van der Waals surface area contributed by atoms with Crippen molar-refractivity contribution in [2.75, 3.05) is 17.3 Å². The predicted molar refractivity (Wildman–Crippen MR) is 81.6 cm³/mol.